The molecule has 4 nitrogen and oxygen atoms in total. The van der Waals surface area contributed by atoms with Crippen LogP contribution in [-0.4, -0.2) is 5.11 Å². The van der Waals surface area contributed by atoms with E-state index in [0.717, 1.165) is 16.9 Å². The SMILES string of the molecule is Cc1ccc(O)cc1NNc1ccccc1N. The molecular formula is C13H15N3O. The van der Waals surface area contributed by atoms with Crippen molar-refractivity contribution in [2.24, 2.45) is 0 Å². The first-order valence-corrected chi connectivity index (χ1v) is 5.33. The number of nitrogens with one attached hydrogen (secondary N) is 2. The number of rotatable bonds is 3. The number of nitrogens with two attached hydrogens (primary N) is 1. The highest BCUT2D eigenvalue weighted by Crippen LogP contribution is 2.22. The highest BCUT2D eigenvalue weighted by atomic mass is 16.3. The largest absolute Gasteiger partial charge is 0.508 e. The molecule has 88 valence electrons. The third kappa shape index (κ3) is 2.60. The van der Waals surface area contributed by atoms with Gasteiger partial charge in [0, 0.05) is 6.07 Å². The fourth-order valence-electron chi connectivity index (χ4n) is 1.49. The van der Waals surface area contributed by atoms with E-state index in [-0.39, 0.29) is 5.75 Å². The van der Waals surface area contributed by atoms with Crippen molar-refractivity contribution in [2.45, 2.75) is 6.92 Å². The maximum atomic E-state index is 9.40. The van der Waals surface area contributed by atoms with E-state index in [4.69, 9.17) is 5.73 Å². The van der Waals surface area contributed by atoms with Crippen LogP contribution in [0.2, 0.25) is 0 Å². The first-order valence-electron chi connectivity index (χ1n) is 5.33. The van der Waals surface area contributed by atoms with Gasteiger partial charge in [0.05, 0.1) is 17.1 Å². The molecule has 2 aromatic carbocycles. The molecule has 0 saturated carbocycles. The van der Waals surface area contributed by atoms with Gasteiger partial charge in [0.2, 0.25) is 0 Å². The molecule has 2 aromatic rings. The number of hydrazine groups is 1. The normalized spacial score (nSPS) is 9.94. The Morgan fingerprint density at radius 2 is 1.71 bits per heavy atom. The average molecular weight is 229 g/mol. The van der Waals surface area contributed by atoms with E-state index in [1.165, 1.54) is 0 Å². The molecule has 0 unspecified atom stereocenters. The minimum Gasteiger partial charge on any atom is -0.508 e. The van der Waals surface area contributed by atoms with Gasteiger partial charge in [-0.25, -0.2) is 0 Å². The number of aromatic hydroxyl groups is 1. The molecule has 0 spiro atoms. The Balaban J connectivity index is 2.12. The number of hydrogen-bond donors (Lipinski definition) is 4. The van der Waals surface area contributed by atoms with Crippen molar-refractivity contribution in [3.05, 3.63) is 48.0 Å². The van der Waals surface area contributed by atoms with Crippen molar-refractivity contribution in [1.82, 2.24) is 0 Å². The molecule has 0 radical (unpaired) electrons. The van der Waals surface area contributed by atoms with Gasteiger partial charge in [0.1, 0.15) is 5.75 Å². The summed E-state index contributed by atoms with van der Waals surface area (Å²) in [5, 5.41) is 9.40. The van der Waals surface area contributed by atoms with Gasteiger partial charge in [-0.05, 0) is 30.7 Å². The van der Waals surface area contributed by atoms with Crippen LogP contribution in [0.15, 0.2) is 42.5 Å². The van der Waals surface area contributed by atoms with Crippen LogP contribution in [0.1, 0.15) is 5.56 Å². The Kier molecular flexibility index (Phi) is 3.05. The summed E-state index contributed by atoms with van der Waals surface area (Å²) in [7, 11) is 0. The van der Waals surface area contributed by atoms with Crippen molar-refractivity contribution in [3.63, 3.8) is 0 Å². The van der Waals surface area contributed by atoms with Gasteiger partial charge in [-0.15, -0.1) is 0 Å². The molecule has 0 amide bonds. The predicted octanol–water partition coefficient (Wildman–Crippen LogP) is 2.72. The van der Waals surface area contributed by atoms with Crippen LogP contribution < -0.4 is 16.6 Å². The highest BCUT2D eigenvalue weighted by molar-refractivity contribution is 5.68. The number of nitrogen functional groups attached to an aromatic ring is 1. The first-order chi connectivity index (χ1) is 8.16. The fourth-order valence-corrected chi connectivity index (χ4v) is 1.49. The second-order valence-corrected chi connectivity index (χ2v) is 3.84. The number of hydrogen-bond acceptors (Lipinski definition) is 4. The number of anilines is 3. The van der Waals surface area contributed by atoms with Crippen LogP contribution in [0, 0.1) is 6.92 Å². The van der Waals surface area contributed by atoms with E-state index >= 15 is 0 Å². The molecule has 0 aliphatic carbocycles. The summed E-state index contributed by atoms with van der Waals surface area (Å²) in [5.41, 5.74) is 15.1. The Hall–Kier alpha value is -2.36. The Labute approximate surface area is 100 Å². The van der Waals surface area contributed by atoms with Crippen molar-refractivity contribution >= 4 is 17.1 Å². The van der Waals surface area contributed by atoms with E-state index in [9.17, 15) is 5.11 Å². The van der Waals surface area contributed by atoms with Crippen LogP contribution in [-0.2, 0) is 0 Å². The number of aryl methyl sites for hydroxylation is 1. The van der Waals surface area contributed by atoms with Gasteiger partial charge in [-0.3, -0.25) is 5.43 Å². The van der Waals surface area contributed by atoms with Gasteiger partial charge < -0.3 is 16.3 Å². The lowest BCUT2D eigenvalue weighted by molar-refractivity contribution is 0.475. The summed E-state index contributed by atoms with van der Waals surface area (Å²) in [6.07, 6.45) is 0. The Bertz CT molecular complexity index is 526. The molecule has 17 heavy (non-hydrogen) atoms. The van der Waals surface area contributed by atoms with Crippen LogP contribution in [0.5, 0.6) is 5.75 Å². The molecular weight excluding hydrogens is 214 g/mol. The topological polar surface area (TPSA) is 70.3 Å². The van der Waals surface area contributed by atoms with Crippen LogP contribution in [0.25, 0.3) is 0 Å². The van der Waals surface area contributed by atoms with Gasteiger partial charge in [-0.2, -0.15) is 0 Å². The molecule has 0 heterocycles. The Morgan fingerprint density at radius 3 is 2.47 bits per heavy atom. The number of benzene rings is 2. The lowest BCUT2D eigenvalue weighted by Gasteiger charge is -2.13. The van der Waals surface area contributed by atoms with E-state index in [1.54, 1.807) is 12.1 Å². The van der Waals surface area contributed by atoms with Crippen molar-refractivity contribution in [2.75, 3.05) is 16.6 Å². The molecule has 5 N–H and O–H groups in total. The molecule has 4 heteroatoms. The maximum absolute atomic E-state index is 9.40. The third-order valence-corrected chi connectivity index (χ3v) is 2.51. The molecule has 2 rings (SSSR count). The second-order valence-electron chi connectivity index (χ2n) is 3.84. The van der Waals surface area contributed by atoms with Crippen molar-refractivity contribution in [3.8, 4) is 5.75 Å². The molecule has 0 aliphatic heterocycles. The van der Waals surface area contributed by atoms with Crippen LogP contribution in [0.3, 0.4) is 0 Å². The maximum Gasteiger partial charge on any atom is 0.117 e. The summed E-state index contributed by atoms with van der Waals surface area (Å²) in [4.78, 5) is 0. The number of phenols is 1. The lowest BCUT2D eigenvalue weighted by atomic mass is 10.2. The monoisotopic (exact) mass is 229 g/mol. The van der Waals surface area contributed by atoms with E-state index < -0.39 is 0 Å². The van der Waals surface area contributed by atoms with E-state index in [0.29, 0.717) is 5.69 Å². The summed E-state index contributed by atoms with van der Waals surface area (Å²) in [6.45, 7) is 1.96. The van der Waals surface area contributed by atoms with Gasteiger partial charge in [0.15, 0.2) is 0 Å². The molecule has 0 aromatic heterocycles. The van der Waals surface area contributed by atoms with Gasteiger partial charge in [-0.1, -0.05) is 18.2 Å². The number of para-hydroxylation sites is 2. The summed E-state index contributed by atoms with van der Waals surface area (Å²) >= 11 is 0. The summed E-state index contributed by atoms with van der Waals surface area (Å²) in [6, 6.07) is 12.6. The third-order valence-electron chi connectivity index (χ3n) is 2.51. The summed E-state index contributed by atoms with van der Waals surface area (Å²) in [5.74, 6) is 0.223. The first kappa shape index (κ1) is 11.1. The highest BCUT2D eigenvalue weighted by Gasteiger charge is 2.00. The number of phenolic OH excluding ortho intramolecular Hbond substituents is 1. The standard InChI is InChI=1S/C13H15N3O/c1-9-6-7-10(17)8-13(9)16-15-12-5-3-2-4-11(12)14/h2-8,15-17H,14H2,1H3. The molecule has 0 bridgehead atoms. The molecule has 0 atom stereocenters. The van der Waals surface area contributed by atoms with E-state index in [1.807, 2.05) is 37.3 Å². The zero-order valence-electron chi connectivity index (χ0n) is 9.57. The summed E-state index contributed by atoms with van der Waals surface area (Å²) < 4.78 is 0. The van der Waals surface area contributed by atoms with Crippen molar-refractivity contribution < 1.29 is 5.11 Å². The molecule has 0 aliphatic rings. The van der Waals surface area contributed by atoms with Crippen LogP contribution in [0.4, 0.5) is 17.1 Å². The zero-order valence-corrected chi connectivity index (χ0v) is 9.57. The minimum absolute atomic E-state index is 0.223. The predicted molar refractivity (Wildman–Crippen MR) is 70.9 cm³/mol. The van der Waals surface area contributed by atoms with Gasteiger partial charge >= 0.3 is 0 Å². The van der Waals surface area contributed by atoms with Gasteiger partial charge in [0.25, 0.3) is 0 Å². The minimum atomic E-state index is 0.223. The van der Waals surface area contributed by atoms with Crippen LogP contribution >= 0.6 is 0 Å². The van der Waals surface area contributed by atoms with E-state index in [2.05, 4.69) is 10.9 Å². The quantitative estimate of drug-likeness (QED) is 0.482. The average Bonchev–Trinajstić information content (AvgIpc) is 2.32. The van der Waals surface area contributed by atoms with Crippen molar-refractivity contribution in [1.29, 1.82) is 0 Å². The fraction of sp³-hybridized carbons (Fsp3) is 0.0769. The zero-order chi connectivity index (χ0) is 12.3. The molecule has 0 saturated heterocycles. The molecule has 0 fully saturated rings. The lowest BCUT2D eigenvalue weighted by Crippen LogP contribution is -2.11. The Morgan fingerprint density at radius 1 is 1.00 bits per heavy atom. The second kappa shape index (κ2) is 4.65. The smallest absolute Gasteiger partial charge is 0.117 e.